The number of para-hydroxylation sites is 1. The van der Waals surface area contributed by atoms with Gasteiger partial charge >= 0.3 is 11.9 Å². The molecule has 2 heterocycles. The van der Waals surface area contributed by atoms with Crippen molar-refractivity contribution in [2.75, 3.05) is 0 Å². The summed E-state index contributed by atoms with van der Waals surface area (Å²) in [6.07, 6.45) is -3.53. The first-order chi connectivity index (χ1) is 14.8. The highest BCUT2D eigenvalue weighted by Crippen LogP contribution is 2.50. The molecule has 0 spiro atoms. The molecule has 31 heavy (non-hydrogen) atoms. The highest BCUT2D eigenvalue weighted by Gasteiger charge is 2.61. The number of alkyl halides is 3. The smallest absolute Gasteiger partial charge is 0.436 e. The summed E-state index contributed by atoms with van der Waals surface area (Å²) >= 11 is 0. The van der Waals surface area contributed by atoms with Crippen LogP contribution in [0.3, 0.4) is 0 Å². The molecule has 3 nitrogen and oxygen atoms in total. The van der Waals surface area contributed by atoms with E-state index in [0.29, 0.717) is 5.56 Å². The van der Waals surface area contributed by atoms with Gasteiger partial charge in [-0.1, -0.05) is 77.9 Å². The number of aliphatic imine (C=N–C) groups is 1. The van der Waals surface area contributed by atoms with E-state index in [-0.39, 0.29) is 11.4 Å². The third kappa shape index (κ3) is 2.93. The van der Waals surface area contributed by atoms with Gasteiger partial charge in [-0.3, -0.25) is 4.57 Å². The molecule has 0 aliphatic carbocycles. The van der Waals surface area contributed by atoms with Gasteiger partial charge in [0.25, 0.3) is 0 Å². The van der Waals surface area contributed by atoms with Crippen molar-refractivity contribution in [2.24, 2.45) is 4.99 Å². The van der Waals surface area contributed by atoms with Crippen LogP contribution >= 0.6 is 0 Å². The maximum atomic E-state index is 14.5. The largest absolute Gasteiger partial charge is 0.455 e. The van der Waals surface area contributed by atoms with Gasteiger partial charge in [-0.05, 0) is 25.5 Å². The second-order valence-electron chi connectivity index (χ2n) is 7.79. The second kappa shape index (κ2) is 6.74. The van der Waals surface area contributed by atoms with Gasteiger partial charge in [-0.25, -0.2) is 4.99 Å². The Bertz CT molecular complexity index is 1300. The quantitative estimate of drug-likeness (QED) is 0.358. The first-order valence-electron chi connectivity index (χ1n) is 9.88. The van der Waals surface area contributed by atoms with Gasteiger partial charge in [-0.15, -0.1) is 0 Å². The van der Waals surface area contributed by atoms with Crippen LogP contribution in [0, 0.1) is 13.8 Å². The minimum absolute atomic E-state index is 0.0618. The number of aromatic nitrogens is 1. The summed E-state index contributed by atoms with van der Waals surface area (Å²) in [6, 6.07) is 21.2. The topological polar surface area (TPSA) is 26.5 Å². The van der Waals surface area contributed by atoms with Gasteiger partial charge in [0.1, 0.15) is 6.34 Å². The van der Waals surface area contributed by atoms with Gasteiger partial charge in [0, 0.05) is 10.9 Å². The molecule has 4 aromatic rings. The van der Waals surface area contributed by atoms with Crippen LogP contribution in [0.4, 0.5) is 13.2 Å². The van der Waals surface area contributed by atoms with Crippen LogP contribution in [-0.2, 0) is 5.72 Å². The predicted molar refractivity (Wildman–Crippen MR) is 116 cm³/mol. The Morgan fingerprint density at radius 3 is 2.10 bits per heavy atom. The number of ether oxygens (including phenoxy) is 1. The highest BCUT2D eigenvalue weighted by atomic mass is 19.4. The van der Waals surface area contributed by atoms with E-state index in [4.69, 9.17) is 4.74 Å². The van der Waals surface area contributed by atoms with E-state index in [0.717, 1.165) is 27.6 Å². The molecule has 0 saturated carbocycles. The van der Waals surface area contributed by atoms with Gasteiger partial charge < -0.3 is 4.74 Å². The molecule has 156 valence electrons. The normalized spacial score (nSPS) is 18.1. The molecule has 0 N–H and O–H groups in total. The Kier molecular flexibility index (Phi) is 4.22. The molecule has 6 heteroatoms. The number of nitrogens with zero attached hydrogens (tertiary/aromatic N) is 2. The average molecular weight is 420 g/mol. The minimum atomic E-state index is -4.76. The summed E-state index contributed by atoms with van der Waals surface area (Å²) in [5.74, 6) is 0.123. The van der Waals surface area contributed by atoms with Crippen molar-refractivity contribution in [3.63, 3.8) is 0 Å². The number of benzene rings is 3. The van der Waals surface area contributed by atoms with E-state index in [1.165, 1.54) is 18.5 Å². The summed E-state index contributed by atoms with van der Waals surface area (Å²) in [7, 11) is 0. The van der Waals surface area contributed by atoms with E-state index < -0.39 is 11.9 Å². The van der Waals surface area contributed by atoms with Crippen LogP contribution in [0.15, 0.2) is 77.8 Å². The lowest BCUT2D eigenvalue weighted by Crippen LogP contribution is -2.48. The van der Waals surface area contributed by atoms with Crippen LogP contribution < -0.4 is 4.74 Å². The number of hydrogen-bond acceptors (Lipinski definition) is 2. The molecule has 0 amide bonds. The van der Waals surface area contributed by atoms with E-state index >= 15 is 0 Å². The molecule has 0 radical (unpaired) electrons. The molecule has 3 aromatic carbocycles. The first kappa shape index (κ1) is 19.4. The van der Waals surface area contributed by atoms with Crippen molar-refractivity contribution in [3.8, 4) is 17.0 Å². The van der Waals surface area contributed by atoms with E-state index in [1.54, 1.807) is 16.7 Å². The number of halogens is 3. The zero-order valence-corrected chi connectivity index (χ0v) is 16.9. The Morgan fingerprint density at radius 1 is 0.839 bits per heavy atom. The maximum absolute atomic E-state index is 14.5. The van der Waals surface area contributed by atoms with E-state index in [2.05, 4.69) is 4.99 Å². The standard InChI is InChI=1S/C25H19F3N2O/c1-16-7-11-18(12-8-16)22-20-5-3-4-6-21(20)30-15-29-24(25(26,27)28,31-23(22)30)19-13-9-17(2)10-14-19/h3-15H,1-2H3. The molecule has 1 aliphatic heterocycles. The third-order valence-corrected chi connectivity index (χ3v) is 5.63. The van der Waals surface area contributed by atoms with Crippen molar-refractivity contribution < 1.29 is 17.9 Å². The number of rotatable bonds is 2. The first-order valence-corrected chi connectivity index (χ1v) is 9.88. The van der Waals surface area contributed by atoms with Crippen molar-refractivity contribution in [1.29, 1.82) is 0 Å². The lowest BCUT2D eigenvalue weighted by atomic mass is 10.00. The fourth-order valence-corrected chi connectivity index (χ4v) is 3.97. The second-order valence-corrected chi connectivity index (χ2v) is 7.79. The van der Waals surface area contributed by atoms with Crippen molar-refractivity contribution in [2.45, 2.75) is 25.7 Å². The van der Waals surface area contributed by atoms with Crippen LogP contribution in [0.25, 0.3) is 22.0 Å². The summed E-state index contributed by atoms with van der Waals surface area (Å²) in [5, 5.41) is 0.801. The van der Waals surface area contributed by atoms with Gasteiger partial charge in [-0.2, -0.15) is 13.2 Å². The zero-order chi connectivity index (χ0) is 21.8. The van der Waals surface area contributed by atoms with Crippen molar-refractivity contribution in [3.05, 3.63) is 89.5 Å². The zero-order valence-electron chi connectivity index (χ0n) is 16.9. The monoisotopic (exact) mass is 420 g/mol. The summed E-state index contributed by atoms with van der Waals surface area (Å²) < 4.78 is 50.9. The average Bonchev–Trinajstić information content (AvgIpc) is 3.07. The molecule has 1 unspecified atom stereocenters. The fourth-order valence-electron chi connectivity index (χ4n) is 3.97. The summed E-state index contributed by atoms with van der Waals surface area (Å²) in [5.41, 5.74) is 1.17. The van der Waals surface area contributed by atoms with E-state index in [9.17, 15) is 13.2 Å². The minimum Gasteiger partial charge on any atom is -0.436 e. The molecular weight excluding hydrogens is 401 g/mol. The molecule has 0 saturated heterocycles. The Hall–Kier alpha value is -3.54. The lowest BCUT2D eigenvalue weighted by molar-refractivity contribution is -0.253. The molecule has 5 rings (SSSR count). The predicted octanol–water partition coefficient (Wildman–Crippen LogP) is 6.61. The highest BCUT2D eigenvalue weighted by molar-refractivity contribution is 6.03. The van der Waals surface area contributed by atoms with Gasteiger partial charge in [0.05, 0.1) is 11.1 Å². The van der Waals surface area contributed by atoms with Crippen LogP contribution in [0.1, 0.15) is 16.7 Å². The summed E-state index contributed by atoms with van der Waals surface area (Å²) in [4.78, 5) is 3.94. The summed E-state index contributed by atoms with van der Waals surface area (Å²) in [6.45, 7) is 3.79. The Morgan fingerprint density at radius 2 is 1.45 bits per heavy atom. The van der Waals surface area contributed by atoms with Gasteiger partial charge in [0.2, 0.25) is 5.88 Å². The number of aryl methyl sites for hydroxylation is 2. The Labute approximate surface area is 177 Å². The molecule has 0 bridgehead atoms. The number of hydrogen-bond donors (Lipinski definition) is 0. The maximum Gasteiger partial charge on any atom is 0.455 e. The molecule has 1 aliphatic rings. The molecule has 1 aromatic heterocycles. The van der Waals surface area contributed by atoms with Crippen LogP contribution in [0.2, 0.25) is 0 Å². The van der Waals surface area contributed by atoms with Crippen molar-refractivity contribution >= 4 is 17.2 Å². The Balaban J connectivity index is 1.79. The number of fused-ring (bicyclic) bond motifs is 3. The molecule has 0 fully saturated rings. The van der Waals surface area contributed by atoms with Crippen LogP contribution in [0.5, 0.6) is 5.88 Å². The fraction of sp³-hybridized carbons (Fsp3) is 0.160. The van der Waals surface area contributed by atoms with E-state index in [1.807, 2.05) is 62.4 Å². The lowest BCUT2D eigenvalue weighted by Gasteiger charge is -2.35. The molecule has 1 atom stereocenters. The van der Waals surface area contributed by atoms with Crippen LogP contribution in [-0.4, -0.2) is 17.1 Å². The van der Waals surface area contributed by atoms with Gasteiger partial charge in [0.15, 0.2) is 0 Å². The molecular formula is C25H19F3N2O. The SMILES string of the molecule is Cc1ccc(-c2c3n(c4ccccc24)C=NC(c2ccc(C)cc2)(C(F)(F)F)O3)cc1. The van der Waals surface area contributed by atoms with Crippen molar-refractivity contribution in [1.82, 2.24) is 4.57 Å². The third-order valence-electron chi connectivity index (χ3n) is 5.63.